The molecule has 1 aromatic rings. The van der Waals surface area contributed by atoms with E-state index in [0.29, 0.717) is 10.6 Å². The molecule has 0 spiro atoms. The maximum atomic E-state index is 12.3. The molecule has 0 aliphatic carbocycles. The third kappa shape index (κ3) is 2.39. The fourth-order valence-electron chi connectivity index (χ4n) is 1.05. The average molecular weight is 206 g/mol. The van der Waals surface area contributed by atoms with Gasteiger partial charge in [0.25, 0.3) is 6.43 Å². The van der Waals surface area contributed by atoms with E-state index in [0.717, 1.165) is 0 Å². The average Bonchev–Trinajstić information content (AvgIpc) is 2.04. The Kier molecular flexibility index (Phi) is 3.22. The second kappa shape index (κ2) is 4.03. The van der Waals surface area contributed by atoms with Gasteiger partial charge in [0, 0.05) is 16.6 Å². The molecule has 0 aromatic heterocycles. The fourth-order valence-corrected chi connectivity index (χ4v) is 1.34. The molecule has 0 fully saturated rings. The van der Waals surface area contributed by atoms with Crippen LogP contribution in [0.2, 0.25) is 5.02 Å². The van der Waals surface area contributed by atoms with Crippen molar-refractivity contribution >= 4 is 11.6 Å². The molecule has 1 nitrogen and oxygen atoms in total. The number of rotatable bonds is 2. The molecule has 0 saturated heterocycles. The normalized spacial score (nSPS) is 13.4. The zero-order valence-corrected chi connectivity index (χ0v) is 7.85. The predicted molar refractivity (Wildman–Crippen MR) is 49.0 cm³/mol. The third-order valence-electron chi connectivity index (χ3n) is 1.76. The maximum absolute atomic E-state index is 12.3. The standard InChI is InChI=1S/C9H10ClF2N/c1-5(13)7-4-6(9(11)12)2-3-8(7)10/h2-5,9H,13H2,1H3. The number of hydrogen-bond donors (Lipinski definition) is 1. The molecule has 1 rings (SSSR count). The molecule has 0 heterocycles. The first kappa shape index (κ1) is 10.4. The van der Waals surface area contributed by atoms with Gasteiger partial charge in [-0.05, 0) is 24.6 Å². The Hall–Kier alpha value is -0.670. The van der Waals surface area contributed by atoms with Crippen LogP contribution in [0.25, 0.3) is 0 Å². The maximum Gasteiger partial charge on any atom is 0.263 e. The highest BCUT2D eigenvalue weighted by atomic mass is 35.5. The van der Waals surface area contributed by atoms with Crippen molar-refractivity contribution in [3.05, 3.63) is 34.3 Å². The summed E-state index contributed by atoms with van der Waals surface area (Å²) < 4.78 is 24.5. The highest BCUT2D eigenvalue weighted by Gasteiger charge is 2.11. The van der Waals surface area contributed by atoms with Gasteiger partial charge in [-0.15, -0.1) is 0 Å². The number of hydrogen-bond acceptors (Lipinski definition) is 1. The summed E-state index contributed by atoms with van der Waals surface area (Å²) in [7, 11) is 0. The molecule has 0 saturated carbocycles. The lowest BCUT2D eigenvalue weighted by Gasteiger charge is -2.09. The molecule has 72 valence electrons. The van der Waals surface area contributed by atoms with E-state index >= 15 is 0 Å². The van der Waals surface area contributed by atoms with Gasteiger partial charge in [-0.1, -0.05) is 17.7 Å². The lowest BCUT2D eigenvalue weighted by atomic mass is 10.1. The van der Waals surface area contributed by atoms with E-state index in [9.17, 15) is 8.78 Å². The molecular formula is C9H10ClF2N. The highest BCUT2D eigenvalue weighted by Crippen LogP contribution is 2.27. The van der Waals surface area contributed by atoms with E-state index in [1.54, 1.807) is 6.92 Å². The Morgan fingerprint density at radius 2 is 2.00 bits per heavy atom. The Morgan fingerprint density at radius 1 is 1.38 bits per heavy atom. The minimum atomic E-state index is -2.48. The van der Waals surface area contributed by atoms with Gasteiger partial charge in [-0.25, -0.2) is 8.78 Å². The highest BCUT2D eigenvalue weighted by molar-refractivity contribution is 6.31. The van der Waals surface area contributed by atoms with Crippen LogP contribution in [0.5, 0.6) is 0 Å². The van der Waals surface area contributed by atoms with Crippen molar-refractivity contribution in [2.45, 2.75) is 19.4 Å². The fraction of sp³-hybridized carbons (Fsp3) is 0.333. The topological polar surface area (TPSA) is 26.0 Å². The Balaban J connectivity index is 3.11. The summed E-state index contributed by atoms with van der Waals surface area (Å²) >= 11 is 5.77. The summed E-state index contributed by atoms with van der Waals surface area (Å²) in [5.41, 5.74) is 6.06. The molecule has 0 aliphatic heterocycles. The van der Waals surface area contributed by atoms with Gasteiger partial charge in [0.2, 0.25) is 0 Å². The van der Waals surface area contributed by atoms with Crippen LogP contribution < -0.4 is 5.73 Å². The zero-order valence-electron chi connectivity index (χ0n) is 7.10. The van der Waals surface area contributed by atoms with Crippen LogP contribution in [0, 0.1) is 0 Å². The minimum absolute atomic E-state index is 0.0447. The van der Waals surface area contributed by atoms with Gasteiger partial charge in [0.1, 0.15) is 0 Å². The summed E-state index contributed by atoms with van der Waals surface area (Å²) in [5.74, 6) is 0. The van der Waals surface area contributed by atoms with Crippen LogP contribution in [0.15, 0.2) is 18.2 Å². The van der Waals surface area contributed by atoms with Crippen molar-refractivity contribution in [3.63, 3.8) is 0 Å². The van der Waals surface area contributed by atoms with E-state index < -0.39 is 6.43 Å². The van der Waals surface area contributed by atoms with Crippen molar-refractivity contribution in [3.8, 4) is 0 Å². The third-order valence-corrected chi connectivity index (χ3v) is 2.11. The summed E-state index contributed by atoms with van der Waals surface area (Å²) in [4.78, 5) is 0. The lowest BCUT2D eigenvalue weighted by molar-refractivity contribution is 0.151. The SMILES string of the molecule is CC(N)c1cc(C(F)F)ccc1Cl. The number of nitrogens with two attached hydrogens (primary N) is 1. The first-order valence-electron chi connectivity index (χ1n) is 3.85. The quantitative estimate of drug-likeness (QED) is 0.788. The van der Waals surface area contributed by atoms with Crippen LogP contribution in [-0.2, 0) is 0 Å². The molecule has 4 heteroatoms. The largest absolute Gasteiger partial charge is 0.324 e. The summed E-state index contributed by atoms with van der Waals surface area (Å²) in [6.45, 7) is 1.70. The second-order valence-electron chi connectivity index (χ2n) is 2.87. The number of alkyl halides is 2. The van der Waals surface area contributed by atoms with Crippen molar-refractivity contribution in [2.24, 2.45) is 5.73 Å². The summed E-state index contributed by atoms with van der Waals surface area (Å²) in [5, 5.41) is 0.430. The van der Waals surface area contributed by atoms with Gasteiger partial charge < -0.3 is 5.73 Å². The first-order valence-corrected chi connectivity index (χ1v) is 4.23. The van der Waals surface area contributed by atoms with Gasteiger partial charge in [0.15, 0.2) is 0 Å². The van der Waals surface area contributed by atoms with Gasteiger partial charge in [0.05, 0.1) is 0 Å². The van der Waals surface area contributed by atoms with Crippen LogP contribution in [0.1, 0.15) is 30.5 Å². The first-order chi connectivity index (χ1) is 6.02. The van der Waals surface area contributed by atoms with Crippen molar-refractivity contribution < 1.29 is 8.78 Å². The van der Waals surface area contributed by atoms with Crippen molar-refractivity contribution in [1.82, 2.24) is 0 Å². The van der Waals surface area contributed by atoms with Crippen LogP contribution >= 0.6 is 11.6 Å². The van der Waals surface area contributed by atoms with Gasteiger partial charge in [-0.3, -0.25) is 0 Å². The Bertz CT molecular complexity index is 300. The monoisotopic (exact) mass is 205 g/mol. The molecule has 1 unspecified atom stereocenters. The second-order valence-corrected chi connectivity index (χ2v) is 3.28. The van der Waals surface area contributed by atoms with Crippen LogP contribution in [-0.4, -0.2) is 0 Å². The van der Waals surface area contributed by atoms with Crippen LogP contribution in [0.3, 0.4) is 0 Å². The molecule has 0 amide bonds. The minimum Gasteiger partial charge on any atom is -0.324 e. The van der Waals surface area contributed by atoms with E-state index in [1.165, 1.54) is 18.2 Å². The van der Waals surface area contributed by atoms with Crippen LogP contribution in [0.4, 0.5) is 8.78 Å². The van der Waals surface area contributed by atoms with Crippen molar-refractivity contribution in [2.75, 3.05) is 0 Å². The molecule has 1 atom stereocenters. The molecule has 0 radical (unpaired) electrons. The Morgan fingerprint density at radius 3 is 2.46 bits per heavy atom. The molecule has 13 heavy (non-hydrogen) atoms. The molecule has 2 N–H and O–H groups in total. The lowest BCUT2D eigenvalue weighted by Crippen LogP contribution is -2.06. The number of halogens is 3. The summed E-state index contributed by atoms with van der Waals surface area (Å²) in [6.07, 6.45) is -2.48. The Labute approximate surface area is 80.5 Å². The van der Waals surface area contributed by atoms with E-state index in [-0.39, 0.29) is 11.6 Å². The van der Waals surface area contributed by atoms with E-state index in [2.05, 4.69) is 0 Å². The predicted octanol–water partition coefficient (Wildman–Crippen LogP) is 3.30. The van der Waals surface area contributed by atoms with E-state index in [1.807, 2.05) is 0 Å². The van der Waals surface area contributed by atoms with Gasteiger partial charge >= 0.3 is 0 Å². The zero-order chi connectivity index (χ0) is 10.0. The molecular weight excluding hydrogens is 196 g/mol. The molecule has 0 bridgehead atoms. The number of benzene rings is 1. The smallest absolute Gasteiger partial charge is 0.263 e. The van der Waals surface area contributed by atoms with E-state index in [4.69, 9.17) is 17.3 Å². The van der Waals surface area contributed by atoms with Gasteiger partial charge in [-0.2, -0.15) is 0 Å². The molecule has 0 aliphatic rings. The summed E-state index contributed by atoms with van der Waals surface area (Å²) in [6, 6.07) is 3.77. The molecule has 1 aromatic carbocycles. The van der Waals surface area contributed by atoms with Crippen molar-refractivity contribution in [1.29, 1.82) is 0 Å².